The van der Waals surface area contributed by atoms with E-state index in [0.29, 0.717) is 18.5 Å². The Balaban J connectivity index is 1.61. The fourth-order valence-corrected chi connectivity index (χ4v) is 2.99. The first kappa shape index (κ1) is 13.8. The van der Waals surface area contributed by atoms with Crippen LogP contribution in [-0.4, -0.2) is 33.0 Å². The molecule has 0 saturated heterocycles. The standard InChI is InChI=1S/C14H15N3O3S/c1-7-16-12(6-21-7)9-4-11(15-5-9)13(18)17-10-2-8(3-10)14(19)20/h4-6,8,10,15H,2-3H2,1H3,(H,17,18)(H,19,20). The Morgan fingerprint density at radius 3 is 2.86 bits per heavy atom. The van der Waals surface area contributed by atoms with Crippen molar-refractivity contribution in [1.82, 2.24) is 15.3 Å². The smallest absolute Gasteiger partial charge is 0.306 e. The molecule has 110 valence electrons. The maximum absolute atomic E-state index is 12.1. The Morgan fingerprint density at radius 2 is 2.24 bits per heavy atom. The molecule has 1 saturated carbocycles. The van der Waals surface area contributed by atoms with E-state index in [1.54, 1.807) is 23.6 Å². The van der Waals surface area contributed by atoms with Crippen molar-refractivity contribution in [2.45, 2.75) is 25.8 Å². The van der Waals surface area contributed by atoms with Crippen LogP contribution >= 0.6 is 11.3 Å². The molecule has 1 fully saturated rings. The molecule has 2 aromatic rings. The summed E-state index contributed by atoms with van der Waals surface area (Å²) < 4.78 is 0. The molecule has 0 aromatic carbocycles. The van der Waals surface area contributed by atoms with Crippen LogP contribution in [0.5, 0.6) is 0 Å². The van der Waals surface area contributed by atoms with Gasteiger partial charge in [-0.05, 0) is 25.8 Å². The van der Waals surface area contributed by atoms with E-state index in [4.69, 9.17) is 5.11 Å². The van der Waals surface area contributed by atoms with Crippen molar-refractivity contribution < 1.29 is 14.7 Å². The summed E-state index contributed by atoms with van der Waals surface area (Å²) in [6.07, 6.45) is 2.75. The lowest BCUT2D eigenvalue weighted by Crippen LogP contribution is -2.46. The summed E-state index contributed by atoms with van der Waals surface area (Å²) in [6.45, 7) is 1.93. The molecular formula is C14H15N3O3S. The van der Waals surface area contributed by atoms with E-state index in [-0.39, 0.29) is 17.9 Å². The zero-order valence-corrected chi connectivity index (χ0v) is 12.2. The number of carboxylic acids is 1. The molecule has 3 rings (SSSR count). The lowest BCUT2D eigenvalue weighted by atomic mass is 9.80. The van der Waals surface area contributed by atoms with E-state index in [2.05, 4.69) is 15.3 Å². The number of carbonyl (C=O) groups is 2. The number of rotatable bonds is 4. The topological polar surface area (TPSA) is 95.1 Å². The van der Waals surface area contributed by atoms with Gasteiger partial charge in [0.1, 0.15) is 5.69 Å². The Hall–Kier alpha value is -2.15. The average molecular weight is 305 g/mol. The van der Waals surface area contributed by atoms with Crippen LogP contribution in [0.4, 0.5) is 0 Å². The molecule has 7 heteroatoms. The number of aliphatic carboxylic acids is 1. The molecule has 1 amide bonds. The minimum Gasteiger partial charge on any atom is -0.481 e. The molecule has 0 bridgehead atoms. The van der Waals surface area contributed by atoms with Crippen LogP contribution in [0.15, 0.2) is 17.6 Å². The van der Waals surface area contributed by atoms with E-state index in [0.717, 1.165) is 16.3 Å². The van der Waals surface area contributed by atoms with Gasteiger partial charge in [0.05, 0.1) is 16.6 Å². The normalized spacial score (nSPS) is 20.8. The highest BCUT2D eigenvalue weighted by molar-refractivity contribution is 7.09. The molecule has 1 aliphatic carbocycles. The van der Waals surface area contributed by atoms with Crippen LogP contribution in [-0.2, 0) is 4.79 Å². The third-order valence-corrected chi connectivity index (χ3v) is 4.44. The minimum absolute atomic E-state index is 0.0492. The Bertz CT molecular complexity index is 685. The van der Waals surface area contributed by atoms with Crippen LogP contribution in [0, 0.1) is 12.8 Å². The van der Waals surface area contributed by atoms with Gasteiger partial charge in [0.2, 0.25) is 0 Å². The lowest BCUT2D eigenvalue weighted by molar-refractivity contribution is -0.145. The number of aryl methyl sites for hydroxylation is 1. The number of hydrogen-bond acceptors (Lipinski definition) is 4. The van der Waals surface area contributed by atoms with Crippen molar-refractivity contribution in [3.8, 4) is 11.3 Å². The molecule has 6 nitrogen and oxygen atoms in total. The quantitative estimate of drug-likeness (QED) is 0.805. The van der Waals surface area contributed by atoms with Crippen LogP contribution < -0.4 is 5.32 Å². The van der Waals surface area contributed by atoms with Gasteiger partial charge in [0, 0.05) is 23.2 Å². The third-order valence-electron chi connectivity index (χ3n) is 3.66. The van der Waals surface area contributed by atoms with E-state index in [9.17, 15) is 9.59 Å². The van der Waals surface area contributed by atoms with Crippen molar-refractivity contribution in [1.29, 1.82) is 0 Å². The predicted octanol–water partition coefficient (Wildman–Crippen LogP) is 2.04. The van der Waals surface area contributed by atoms with Crippen LogP contribution in [0.3, 0.4) is 0 Å². The number of carboxylic acid groups (broad SMARTS) is 1. The number of thiazole rings is 1. The maximum Gasteiger partial charge on any atom is 0.306 e. The average Bonchev–Trinajstić information content (AvgIpc) is 3.00. The number of H-pyrrole nitrogens is 1. The lowest BCUT2D eigenvalue weighted by Gasteiger charge is -2.32. The fraction of sp³-hybridized carbons (Fsp3) is 0.357. The van der Waals surface area contributed by atoms with Gasteiger partial charge in [-0.15, -0.1) is 11.3 Å². The molecule has 0 atom stereocenters. The zero-order valence-electron chi connectivity index (χ0n) is 11.4. The number of amides is 1. The highest BCUT2D eigenvalue weighted by Crippen LogP contribution is 2.28. The van der Waals surface area contributed by atoms with Gasteiger partial charge in [0.25, 0.3) is 5.91 Å². The van der Waals surface area contributed by atoms with E-state index >= 15 is 0 Å². The van der Waals surface area contributed by atoms with Gasteiger partial charge >= 0.3 is 5.97 Å². The van der Waals surface area contributed by atoms with E-state index < -0.39 is 5.97 Å². The molecule has 0 radical (unpaired) electrons. The summed E-state index contributed by atoms with van der Waals surface area (Å²) >= 11 is 1.56. The van der Waals surface area contributed by atoms with Crippen molar-refractivity contribution in [2.24, 2.45) is 5.92 Å². The number of aromatic nitrogens is 2. The molecule has 21 heavy (non-hydrogen) atoms. The second-order valence-electron chi connectivity index (χ2n) is 5.23. The molecule has 0 aliphatic heterocycles. The number of aromatic amines is 1. The third kappa shape index (κ3) is 2.82. The number of hydrogen-bond donors (Lipinski definition) is 3. The molecular weight excluding hydrogens is 290 g/mol. The van der Waals surface area contributed by atoms with Gasteiger partial charge in [-0.25, -0.2) is 4.98 Å². The van der Waals surface area contributed by atoms with Crippen molar-refractivity contribution in [2.75, 3.05) is 0 Å². The maximum atomic E-state index is 12.1. The first-order chi connectivity index (χ1) is 10.0. The molecule has 2 aromatic heterocycles. The summed E-state index contributed by atoms with van der Waals surface area (Å²) in [7, 11) is 0. The first-order valence-electron chi connectivity index (χ1n) is 6.67. The van der Waals surface area contributed by atoms with Gasteiger partial charge in [0.15, 0.2) is 0 Å². The van der Waals surface area contributed by atoms with Crippen LogP contribution in [0.25, 0.3) is 11.3 Å². The largest absolute Gasteiger partial charge is 0.481 e. The van der Waals surface area contributed by atoms with Crippen molar-refractivity contribution >= 4 is 23.2 Å². The monoisotopic (exact) mass is 305 g/mol. The molecule has 2 heterocycles. The van der Waals surface area contributed by atoms with Gasteiger partial charge in [-0.3, -0.25) is 9.59 Å². The summed E-state index contributed by atoms with van der Waals surface area (Å²) in [5, 5.41) is 14.6. The SMILES string of the molecule is Cc1nc(-c2c[nH]c(C(=O)NC3CC(C(=O)O)C3)c2)cs1. The number of nitrogens with one attached hydrogen (secondary N) is 2. The summed E-state index contributed by atoms with van der Waals surface area (Å²) in [5.41, 5.74) is 2.19. The second-order valence-corrected chi connectivity index (χ2v) is 6.29. The highest BCUT2D eigenvalue weighted by atomic mass is 32.1. The second kappa shape index (κ2) is 5.33. The first-order valence-corrected chi connectivity index (χ1v) is 7.55. The van der Waals surface area contributed by atoms with Gasteiger partial charge in [-0.1, -0.05) is 0 Å². The van der Waals surface area contributed by atoms with Crippen molar-refractivity contribution in [3.63, 3.8) is 0 Å². The fourth-order valence-electron chi connectivity index (χ4n) is 2.37. The Kier molecular flexibility index (Phi) is 3.50. The Morgan fingerprint density at radius 1 is 1.48 bits per heavy atom. The highest BCUT2D eigenvalue weighted by Gasteiger charge is 2.35. The van der Waals surface area contributed by atoms with Gasteiger partial charge < -0.3 is 15.4 Å². The minimum atomic E-state index is -0.790. The molecule has 0 unspecified atom stereocenters. The number of nitrogens with zero attached hydrogens (tertiary/aromatic N) is 1. The molecule has 0 spiro atoms. The Labute approximate surface area is 125 Å². The molecule has 3 N–H and O–H groups in total. The van der Waals surface area contributed by atoms with E-state index in [1.807, 2.05) is 12.3 Å². The molecule has 1 aliphatic rings. The summed E-state index contributed by atoms with van der Waals surface area (Å²) in [6, 6.07) is 1.71. The predicted molar refractivity (Wildman–Crippen MR) is 78.3 cm³/mol. The number of carbonyl (C=O) groups excluding carboxylic acids is 1. The summed E-state index contributed by atoms with van der Waals surface area (Å²) in [4.78, 5) is 30.1. The van der Waals surface area contributed by atoms with Crippen molar-refractivity contribution in [3.05, 3.63) is 28.3 Å². The van der Waals surface area contributed by atoms with Crippen LogP contribution in [0.2, 0.25) is 0 Å². The zero-order chi connectivity index (χ0) is 15.0. The van der Waals surface area contributed by atoms with E-state index in [1.165, 1.54) is 0 Å². The van der Waals surface area contributed by atoms with Crippen LogP contribution in [0.1, 0.15) is 28.3 Å². The van der Waals surface area contributed by atoms with Gasteiger partial charge in [-0.2, -0.15) is 0 Å². The summed E-state index contributed by atoms with van der Waals surface area (Å²) in [5.74, 6) is -1.32.